The van der Waals surface area contributed by atoms with Crippen LogP contribution >= 0.6 is 11.6 Å². The lowest BCUT2D eigenvalue weighted by molar-refractivity contribution is -0.139. The van der Waals surface area contributed by atoms with Gasteiger partial charge in [0.1, 0.15) is 10.9 Å². The van der Waals surface area contributed by atoms with E-state index in [2.05, 4.69) is 126 Å². The number of benzene rings is 4. The molecule has 4 aromatic heterocycles. The molecule has 22 nitrogen and oxygen atoms in total. The summed E-state index contributed by atoms with van der Waals surface area (Å²) in [6, 6.07) is 40.5. The standard InChI is InChI=1S/C29H37N3O2.C26H35N3O2.C24H32ClN3O3.C24H25F6N3O3/c1-30-19-20-32-25(27(33)23-9-10-23)13-14-26(32)29(30)15-17-31(18-16-29)28(34)24-11-7-22(8-12-24)21-5-3-2-4-6-21;1-6-25(3,4)21-9-7-20(8-10-21)24(31)28-15-13-26(14-16-28)23-12-11-22(19(2)30)29(23)18-17-27(26)5;1-4-5-16-31-19-7-6-18(17-20(19)30-3)23(29)27-12-10-24(11-13-27)21-8-9-22(25)28(21)15-14-26(24)2;1-3-36-18-6-4-15(14-16(18)23(25,26)27)21(35)32-10-8-22(9-11-32)19-7-5-17(20(34)24(28,29)30)33(19)13-12-31(22)2/h7-8,11-14,21,23H,2-6,9-10,15-20H2,1H3;7-12H,6,13-18H2,1-5H3;6-9,17H,4-5,10-16H2,1-3H3;4-7,14H,3,8-13H2,1-2H3. The number of piperidine rings is 4. The Hall–Kier alpha value is -10.0. The predicted molar refractivity (Wildman–Crippen MR) is 496 cm³/mol. The number of nitrogens with zero attached hydrogens (tertiary/aromatic N) is 12. The first-order valence-electron chi connectivity index (χ1n) is 47.6. The van der Waals surface area contributed by atoms with E-state index in [-0.39, 0.29) is 89.0 Å². The number of likely N-dealkylation sites (tertiary alicyclic amines) is 4. The molecule has 2 saturated carbocycles. The van der Waals surface area contributed by atoms with Crippen molar-refractivity contribution in [2.45, 2.75) is 229 Å². The lowest BCUT2D eigenvalue weighted by Crippen LogP contribution is -2.56. The molecule has 0 unspecified atom stereocenters. The number of hydrogen-bond donors (Lipinski definition) is 0. The molecule has 4 aromatic carbocycles. The van der Waals surface area contributed by atoms with E-state index in [0.29, 0.717) is 73.5 Å². The summed E-state index contributed by atoms with van der Waals surface area (Å²) in [6.45, 7) is 23.5. The van der Waals surface area contributed by atoms with Gasteiger partial charge in [-0.3, -0.25) is 53.2 Å². The van der Waals surface area contributed by atoms with Crippen molar-refractivity contribution < 1.29 is 74.1 Å². The molecule has 8 aromatic rings. The van der Waals surface area contributed by atoms with Gasteiger partial charge >= 0.3 is 12.4 Å². The third-order valence-corrected chi connectivity index (χ3v) is 31.3. The van der Waals surface area contributed by atoms with E-state index >= 15 is 0 Å². The Balaban J connectivity index is 0.000000135. The Morgan fingerprint density at radius 2 is 0.818 bits per heavy atom. The number of carbonyl (C=O) groups excluding carboxylic acids is 7. The van der Waals surface area contributed by atoms with Crippen molar-refractivity contribution in [2.24, 2.45) is 5.92 Å². The monoisotopic (exact) mass is 1840 g/mol. The van der Waals surface area contributed by atoms with Crippen LogP contribution in [0.5, 0.6) is 17.2 Å². The summed E-state index contributed by atoms with van der Waals surface area (Å²) >= 11 is 6.41. The second kappa shape index (κ2) is 39.5. The highest BCUT2D eigenvalue weighted by Gasteiger charge is 2.52. The van der Waals surface area contributed by atoms with E-state index in [1.807, 2.05) is 75.2 Å². The molecule has 0 N–H and O–H groups in total. The molecule has 6 fully saturated rings. The summed E-state index contributed by atoms with van der Waals surface area (Å²) in [4.78, 5) is 106. The highest BCUT2D eigenvalue weighted by atomic mass is 35.5. The van der Waals surface area contributed by atoms with Gasteiger partial charge in [-0.15, -0.1) is 0 Å². The molecule has 0 radical (unpaired) electrons. The van der Waals surface area contributed by atoms with Crippen molar-refractivity contribution in [1.29, 1.82) is 0 Å². The van der Waals surface area contributed by atoms with Crippen LogP contribution in [0.3, 0.4) is 0 Å². The molecular weight excluding hydrogens is 1710 g/mol. The maximum absolute atomic E-state index is 13.5. The predicted octanol–water partition coefficient (Wildman–Crippen LogP) is 18.8. The fraction of sp³-hybridized carbons (Fsp3) is 0.544. The van der Waals surface area contributed by atoms with Crippen LogP contribution in [0.2, 0.25) is 5.15 Å². The van der Waals surface area contributed by atoms with E-state index in [9.17, 15) is 59.9 Å². The van der Waals surface area contributed by atoms with Crippen molar-refractivity contribution >= 4 is 52.6 Å². The van der Waals surface area contributed by atoms with Crippen molar-refractivity contribution in [1.82, 2.24) is 57.5 Å². The van der Waals surface area contributed by atoms with Crippen molar-refractivity contribution in [2.75, 3.05) is 127 Å². The van der Waals surface area contributed by atoms with E-state index in [1.165, 1.54) is 88.0 Å². The third-order valence-electron chi connectivity index (χ3n) is 30.9. The zero-order valence-corrected chi connectivity index (χ0v) is 79.2. The first-order valence-corrected chi connectivity index (χ1v) is 47.9. The Kier molecular flexibility index (Phi) is 28.9. The molecule has 4 saturated heterocycles. The summed E-state index contributed by atoms with van der Waals surface area (Å²) in [5.41, 5.74) is 8.54. The van der Waals surface area contributed by atoms with Gasteiger partial charge < -0.3 is 52.1 Å². The lowest BCUT2D eigenvalue weighted by Gasteiger charge is -2.50. The van der Waals surface area contributed by atoms with Crippen molar-refractivity contribution in [3.05, 3.63) is 217 Å². The summed E-state index contributed by atoms with van der Waals surface area (Å²) in [5.74, 6) is 0.147. The second-order valence-electron chi connectivity index (χ2n) is 38.4. The van der Waals surface area contributed by atoms with Crippen molar-refractivity contribution in [3.8, 4) is 17.2 Å². The lowest BCUT2D eigenvalue weighted by atomic mass is 9.81. The highest BCUT2D eigenvalue weighted by Crippen LogP contribution is 2.49. The molecule has 10 aliphatic rings. The summed E-state index contributed by atoms with van der Waals surface area (Å²) < 4.78 is 104. The fourth-order valence-corrected chi connectivity index (χ4v) is 22.3. The number of halogens is 7. The van der Waals surface area contributed by atoms with Gasteiger partial charge in [-0.2, -0.15) is 26.3 Å². The SMILES string of the molecule is CCC(C)(C)c1ccc(C(=O)N2CCC3(CC2)c2ccc(C(C)=O)n2CCN3C)cc1.CCCCOc1ccc(C(=O)N2CCC3(CC2)c2ccc(Cl)n2CCN3C)cc1OC.CCOc1ccc(C(=O)N2CCC3(CC2)c2ccc(C(=O)C(F)(F)F)n2CCN3C)cc1C(F)(F)F.CN1CCn2c(C(=O)C3CC3)ccc2C12CCN(C(=O)c1ccc(C3CCCCC3)cc1)CC2. The number of ether oxygens (including phenoxy) is 3. The topological polar surface area (TPSA) is 193 Å². The number of amides is 4. The van der Waals surface area contributed by atoms with Gasteiger partial charge in [-0.1, -0.05) is 89.2 Å². The summed E-state index contributed by atoms with van der Waals surface area (Å²) in [5, 5.41) is 0.800. The van der Waals surface area contributed by atoms with Gasteiger partial charge in [0.25, 0.3) is 29.4 Å². The number of carbonyl (C=O) groups is 7. The van der Waals surface area contributed by atoms with Gasteiger partial charge in [0, 0.05) is 163 Å². The highest BCUT2D eigenvalue weighted by molar-refractivity contribution is 6.29. The van der Waals surface area contributed by atoms with Crippen LogP contribution in [0.4, 0.5) is 26.3 Å². The molecule has 18 rings (SSSR count). The number of methoxy groups -OCH3 is 1. The van der Waals surface area contributed by atoms with Gasteiger partial charge in [-0.05, 0) is 257 Å². The number of rotatable bonds is 18. The average Bonchev–Trinajstić information content (AvgIpc) is 1.56. The maximum Gasteiger partial charge on any atom is 0.456 e. The Morgan fingerprint density at radius 3 is 1.24 bits per heavy atom. The number of aromatic nitrogens is 4. The third kappa shape index (κ3) is 19.1. The van der Waals surface area contributed by atoms with Crippen molar-refractivity contribution in [3.63, 3.8) is 0 Å². The summed E-state index contributed by atoms with van der Waals surface area (Å²) in [7, 11) is 10.0. The van der Waals surface area contributed by atoms with E-state index in [1.54, 1.807) is 27.0 Å². The van der Waals surface area contributed by atoms with E-state index < -0.39 is 40.8 Å². The van der Waals surface area contributed by atoms with Crippen LogP contribution in [0.1, 0.15) is 275 Å². The number of ketones is 3. The average molecular weight is 1840 g/mol. The van der Waals surface area contributed by atoms with Crippen LogP contribution in [0, 0.1) is 5.92 Å². The van der Waals surface area contributed by atoms with E-state index in [4.69, 9.17) is 25.8 Å². The zero-order chi connectivity index (χ0) is 94.2. The molecule has 0 bridgehead atoms. The van der Waals surface area contributed by atoms with Crippen LogP contribution in [-0.4, -0.2) is 232 Å². The van der Waals surface area contributed by atoms with E-state index in [0.717, 1.165) is 176 Å². The second-order valence-corrected chi connectivity index (χ2v) is 38.8. The van der Waals surface area contributed by atoms with Crippen LogP contribution in [0.25, 0.3) is 0 Å². The number of likely N-dealkylation sites (N-methyl/N-ethyl adjacent to an activating group) is 4. The smallest absolute Gasteiger partial charge is 0.456 e. The zero-order valence-electron chi connectivity index (χ0n) is 78.4. The maximum atomic E-state index is 13.5. The fourth-order valence-electron chi connectivity index (χ4n) is 22.1. The summed E-state index contributed by atoms with van der Waals surface area (Å²) in [6.07, 6.45) is 8.19. The molecular formula is C103H129ClF6N12O10. The number of fused-ring (bicyclic) bond motifs is 8. The van der Waals surface area contributed by atoms with Crippen LogP contribution < -0.4 is 14.2 Å². The molecule has 8 aliphatic heterocycles. The van der Waals surface area contributed by atoms with Gasteiger partial charge in [0.15, 0.2) is 23.1 Å². The molecule has 4 amide bonds. The molecule has 29 heteroatoms. The normalized spacial score (nSPS) is 19.6. The molecule has 12 heterocycles. The van der Waals surface area contributed by atoms with Crippen LogP contribution in [-0.2, 0) is 59.9 Å². The van der Waals surface area contributed by atoms with Crippen LogP contribution in [0.15, 0.2) is 133 Å². The quantitative estimate of drug-likeness (QED) is 0.0447. The number of Topliss-reactive ketones (excluding diaryl/α,β-unsaturated/α-hetero) is 3. The number of hydrogen-bond acceptors (Lipinski definition) is 14. The number of alkyl halides is 6. The Labute approximate surface area is 776 Å². The first-order chi connectivity index (χ1) is 63.0. The minimum Gasteiger partial charge on any atom is -0.493 e. The largest absolute Gasteiger partial charge is 0.493 e. The molecule has 710 valence electrons. The molecule has 0 atom stereocenters. The first kappa shape index (κ1) is 96.6. The molecule has 132 heavy (non-hydrogen) atoms. The molecule has 4 spiro atoms. The Bertz CT molecular complexity index is 5490. The van der Waals surface area contributed by atoms with Gasteiger partial charge in [-0.25, -0.2) is 0 Å². The minimum atomic E-state index is -4.99. The van der Waals surface area contributed by atoms with Gasteiger partial charge in [0.2, 0.25) is 0 Å². The molecule has 2 aliphatic carbocycles. The Morgan fingerprint density at radius 1 is 0.424 bits per heavy atom. The number of unbranched alkanes of at least 4 members (excludes halogenated alkanes) is 1. The minimum absolute atomic E-state index is 0.0378. The van der Waals surface area contributed by atoms with Gasteiger partial charge in [0.05, 0.1) is 65.1 Å².